The minimum Gasteiger partial charge on any atom is -0.490 e. The number of likely N-dealkylation sites (tertiary alicyclic amines) is 1. The standard InChI is InChI=1S/C24H29N5O2S/c1-16-13-18(15-26-21(16)14-25)28-22(30)24(2,3)29(23(28)32)17-5-7-19(8-6-17)31-20-9-11-27(4)12-10-20/h5-8,13,15,20,23,32H,9-12H2,1-4H3. The van der Waals surface area contributed by atoms with E-state index in [0.717, 1.165) is 42.9 Å². The molecule has 3 heterocycles. The number of pyridine rings is 1. The van der Waals surface area contributed by atoms with Crippen LogP contribution in [-0.2, 0) is 4.79 Å². The van der Waals surface area contributed by atoms with Gasteiger partial charge in [0.1, 0.15) is 29.2 Å². The Hall–Kier alpha value is -2.76. The number of amides is 1. The normalized spacial score (nSPS) is 21.6. The first-order valence-electron chi connectivity index (χ1n) is 10.9. The Morgan fingerprint density at radius 2 is 1.84 bits per heavy atom. The largest absolute Gasteiger partial charge is 0.490 e. The number of thiol groups is 1. The van der Waals surface area contributed by atoms with E-state index in [1.54, 1.807) is 11.1 Å². The number of hydrogen-bond donors (Lipinski definition) is 1. The van der Waals surface area contributed by atoms with Crippen molar-refractivity contribution in [3.05, 3.63) is 47.8 Å². The zero-order valence-corrected chi connectivity index (χ0v) is 19.8. The molecule has 0 aliphatic carbocycles. The molecule has 7 nitrogen and oxygen atoms in total. The van der Waals surface area contributed by atoms with Crippen LogP contribution >= 0.6 is 12.6 Å². The zero-order valence-electron chi connectivity index (χ0n) is 18.9. The molecule has 0 saturated carbocycles. The molecule has 2 aliphatic heterocycles. The highest BCUT2D eigenvalue weighted by molar-refractivity contribution is 7.81. The van der Waals surface area contributed by atoms with E-state index in [1.807, 2.05) is 56.0 Å². The lowest BCUT2D eigenvalue weighted by atomic mass is 10.0. The molecule has 1 amide bonds. The van der Waals surface area contributed by atoms with Crippen LogP contribution in [0.15, 0.2) is 36.5 Å². The van der Waals surface area contributed by atoms with Crippen molar-refractivity contribution in [2.24, 2.45) is 0 Å². The van der Waals surface area contributed by atoms with Gasteiger partial charge in [0, 0.05) is 18.8 Å². The van der Waals surface area contributed by atoms with E-state index in [4.69, 9.17) is 22.6 Å². The van der Waals surface area contributed by atoms with Crippen LogP contribution < -0.4 is 14.5 Å². The van der Waals surface area contributed by atoms with Crippen LogP contribution in [0.2, 0.25) is 0 Å². The third-order valence-corrected chi connectivity index (χ3v) is 6.80. The summed E-state index contributed by atoms with van der Waals surface area (Å²) in [5.41, 5.74) is 1.29. The number of aryl methyl sites for hydroxylation is 1. The average molecular weight is 452 g/mol. The van der Waals surface area contributed by atoms with Gasteiger partial charge >= 0.3 is 0 Å². The number of piperidine rings is 1. The van der Waals surface area contributed by atoms with E-state index in [9.17, 15) is 4.79 Å². The molecule has 1 unspecified atom stereocenters. The summed E-state index contributed by atoms with van der Waals surface area (Å²) in [4.78, 5) is 23.5. The van der Waals surface area contributed by atoms with Crippen LogP contribution in [-0.4, -0.2) is 53.1 Å². The maximum Gasteiger partial charge on any atom is 0.254 e. The second-order valence-corrected chi connectivity index (χ2v) is 9.50. The first-order valence-corrected chi connectivity index (χ1v) is 11.4. The smallest absolute Gasteiger partial charge is 0.254 e. The Balaban J connectivity index is 1.56. The Labute approximate surface area is 195 Å². The second-order valence-electron chi connectivity index (χ2n) is 9.04. The van der Waals surface area contributed by atoms with E-state index >= 15 is 0 Å². The molecule has 0 bridgehead atoms. The molecular weight excluding hydrogens is 422 g/mol. The van der Waals surface area contributed by atoms with Crippen LogP contribution in [0.3, 0.4) is 0 Å². The maximum absolute atomic E-state index is 13.4. The summed E-state index contributed by atoms with van der Waals surface area (Å²) >= 11 is 4.80. The third-order valence-electron chi connectivity index (χ3n) is 6.34. The molecule has 2 aliphatic rings. The number of nitrogens with zero attached hydrogens (tertiary/aromatic N) is 5. The molecule has 0 spiro atoms. The average Bonchev–Trinajstić information content (AvgIpc) is 2.94. The molecule has 1 aromatic carbocycles. The fourth-order valence-electron chi connectivity index (χ4n) is 4.40. The lowest BCUT2D eigenvalue weighted by Gasteiger charge is -2.33. The number of nitriles is 1. The Morgan fingerprint density at radius 3 is 2.44 bits per heavy atom. The summed E-state index contributed by atoms with van der Waals surface area (Å²) in [6.07, 6.45) is 3.85. The van der Waals surface area contributed by atoms with Gasteiger partial charge in [-0.15, -0.1) is 12.6 Å². The van der Waals surface area contributed by atoms with Gasteiger partial charge in [-0.3, -0.25) is 9.69 Å². The fourth-order valence-corrected chi connectivity index (χ4v) is 5.06. The minimum absolute atomic E-state index is 0.0740. The molecule has 0 N–H and O–H groups in total. The number of anilines is 2. The Morgan fingerprint density at radius 1 is 1.19 bits per heavy atom. The van der Waals surface area contributed by atoms with Crippen molar-refractivity contribution in [2.75, 3.05) is 29.9 Å². The van der Waals surface area contributed by atoms with Crippen molar-refractivity contribution >= 4 is 29.9 Å². The van der Waals surface area contributed by atoms with Gasteiger partial charge in [0.25, 0.3) is 5.91 Å². The number of rotatable bonds is 4. The number of carbonyl (C=O) groups excluding carboxylic acids is 1. The monoisotopic (exact) mass is 451 g/mol. The highest BCUT2D eigenvalue weighted by Crippen LogP contribution is 2.40. The maximum atomic E-state index is 13.4. The van der Waals surface area contributed by atoms with Crippen LogP contribution in [0.1, 0.15) is 37.9 Å². The Bertz CT molecular complexity index is 1040. The van der Waals surface area contributed by atoms with E-state index < -0.39 is 11.0 Å². The topological polar surface area (TPSA) is 72.7 Å². The van der Waals surface area contributed by atoms with Crippen LogP contribution in [0.5, 0.6) is 5.75 Å². The van der Waals surface area contributed by atoms with Crippen molar-refractivity contribution in [1.29, 1.82) is 5.26 Å². The van der Waals surface area contributed by atoms with Gasteiger partial charge in [0.15, 0.2) is 5.50 Å². The van der Waals surface area contributed by atoms with Crippen LogP contribution in [0.4, 0.5) is 11.4 Å². The molecule has 2 fully saturated rings. The second kappa shape index (κ2) is 8.64. The molecular formula is C24H29N5O2S. The molecule has 4 rings (SSSR count). The van der Waals surface area contributed by atoms with Gasteiger partial charge < -0.3 is 14.5 Å². The number of ether oxygens (including phenoxy) is 1. The molecule has 0 radical (unpaired) electrons. The molecule has 1 atom stereocenters. The van der Waals surface area contributed by atoms with Crippen molar-refractivity contribution in [1.82, 2.24) is 9.88 Å². The van der Waals surface area contributed by atoms with Gasteiger partial charge in [-0.25, -0.2) is 4.98 Å². The minimum atomic E-state index is -0.801. The van der Waals surface area contributed by atoms with Crippen LogP contribution in [0, 0.1) is 18.3 Å². The van der Waals surface area contributed by atoms with Gasteiger partial charge in [0.05, 0.1) is 11.9 Å². The van der Waals surface area contributed by atoms with Crippen molar-refractivity contribution in [2.45, 2.75) is 50.8 Å². The van der Waals surface area contributed by atoms with Gasteiger partial charge in [-0.05, 0) is 76.6 Å². The summed E-state index contributed by atoms with van der Waals surface area (Å²) in [6, 6.07) is 11.8. The summed E-state index contributed by atoms with van der Waals surface area (Å²) in [5, 5.41) is 9.16. The number of carbonyl (C=O) groups is 1. The van der Waals surface area contributed by atoms with Gasteiger partial charge in [-0.2, -0.15) is 5.26 Å². The lowest BCUT2D eigenvalue weighted by Crippen LogP contribution is -2.44. The molecule has 2 saturated heterocycles. The van der Waals surface area contributed by atoms with Crippen molar-refractivity contribution in [3.8, 4) is 11.8 Å². The van der Waals surface area contributed by atoms with Crippen LogP contribution in [0.25, 0.3) is 0 Å². The van der Waals surface area contributed by atoms with E-state index in [2.05, 4.69) is 23.0 Å². The highest BCUT2D eigenvalue weighted by atomic mass is 32.1. The molecule has 2 aromatic rings. The van der Waals surface area contributed by atoms with E-state index in [0.29, 0.717) is 11.4 Å². The first-order chi connectivity index (χ1) is 15.2. The van der Waals surface area contributed by atoms with Gasteiger partial charge in [0.2, 0.25) is 0 Å². The summed E-state index contributed by atoms with van der Waals surface area (Å²) in [7, 11) is 2.14. The lowest BCUT2D eigenvalue weighted by molar-refractivity contribution is -0.120. The van der Waals surface area contributed by atoms with Crippen molar-refractivity contribution in [3.63, 3.8) is 0 Å². The third kappa shape index (κ3) is 4.03. The van der Waals surface area contributed by atoms with E-state index in [-0.39, 0.29) is 12.0 Å². The number of hydrogen-bond acceptors (Lipinski definition) is 7. The number of benzene rings is 1. The quantitative estimate of drug-likeness (QED) is 0.717. The predicted molar refractivity (Wildman–Crippen MR) is 128 cm³/mol. The van der Waals surface area contributed by atoms with Gasteiger partial charge in [-0.1, -0.05) is 0 Å². The summed E-state index contributed by atoms with van der Waals surface area (Å²) in [6.45, 7) is 7.70. The molecule has 32 heavy (non-hydrogen) atoms. The van der Waals surface area contributed by atoms with E-state index in [1.165, 1.54) is 0 Å². The zero-order chi connectivity index (χ0) is 23.0. The highest BCUT2D eigenvalue weighted by Gasteiger charge is 2.51. The fraction of sp³-hybridized carbons (Fsp3) is 0.458. The molecule has 1 aromatic heterocycles. The predicted octanol–water partition coefficient (Wildman–Crippen LogP) is 3.58. The molecule has 8 heteroatoms. The number of aromatic nitrogens is 1. The SMILES string of the molecule is Cc1cc(N2C(=O)C(C)(C)N(c3ccc(OC4CCN(C)CC4)cc3)C2S)cnc1C#N. The molecule has 168 valence electrons. The first kappa shape index (κ1) is 22.4. The summed E-state index contributed by atoms with van der Waals surface area (Å²) < 4.78 is 6.17. The summed E-state index contributed by atoms with van der Waals surface area (Å²) in [5.74, 6) is 0.765. The Kier molecular flexibility index (Phi) is 6.06. The van der Waals surface area contributed by atoms with Crippen molar-refractivity contribution < 1.29 is 9.53 Å².